The van der Waals surface area contributed by atoms with Crippen LogP contribution in [-0.4, -0.2) is 41.5 Å². The van der Waals surface area contributed by atoms with Crippen LogP contribution < -0.4 is 10.6 Å². The SMILES string of the molecule is O=C(CC1CNc2ccccc21)NCC1CSCCS1. The lowest BCUT2D eigenvalue weighted by Gasteiger charge is -2.21. The molecule has 3 nitrogen and oxygen atoms in total. The minimum Gasteiger partial charge on any atom is -0.384 e. The highest BCUT2D eigenvalue weighted by molar-refractivity contribution is 8.06. The first-order valence-corrected chi connectivity index (χ1v) is 9.32. The fourth-order valence-corrected chi connectivity index (χ4v) is 5.33. The maximum atomic E-state index is 12.1. The molecule has 2 unspecified atom stereocenters. The minimum atomic E-state index is 0.185. The lowest BCUT2D eigenvalue weighted by Crippen LogP contribution is -2.34. The molecule has 0 radical (unpaired) electrons. The van der Waals surface area contributed by atoms with Crippen LogP contribution in [0.15, 0.2) is 24.3 Å². The van der Waals surface area contributed by atoms with Gasteiger partial charge in [-0.1, -0.05) is 18.2 Å². The molecule has 1 aromatic carbocycles. The van der Waals surface area contributed by atoms with Crippen LogP contribution in [0.3, 0.4) is 0 Å². The Morgan fingerprint density at radius 2 is 2.25 bits per heavy atom. The van der Waals surface area contributed by atoms with Crippen LogP contribution in [0.4, 0.5) is 5.69 Å². The molecule has 2 N–H and O–H groups in total. The van der Waals surface area contributed by atoms with E-state index in [2.05, 4.69) is 22.8 Å². The average molecular weight is 308 g/mol. The first-order valence-electron chi connectivity index (χ1n) is 7.12. The van der Waals surface area contributed by atoms with Crippen LogP contribution in [-0.2, 0) is 4.79 Å². The fraction of sp³-hybridized carbons (Fsp3) is 0.533. The van der Waals surface area contributed by atoms with Gasteiger partial charge in [0.2, 0.25) is 5.91 Å². The monoisotopic (exact) mass is 308 g/mol. The second-order valence-corrected chi connectivity index (χ2v) is 7.80. The predicted octanol–water partition coefficient (Wildman–Crippen LogP) is 2.55. The van der Waals surface area contributed by atoms with E-state index in [-0.39, 0.29) is 5.91 Å². The number of para-hydroxylation sites is 1. The maximum Gasteiger partial charge on any atom is 0.220 e. The van der Waals surface area contributed by atoms with Crippen molar-refractivity contribution in [1.29, 1.82) is 0 Å². The Hall–Kier alpha value is -0.810. The fourth-order valence-electron chi connectivity index (χ4n) is 2.72. The molecule has 5 heteroatoms. The number of thioether (sulfide) groups is 2. The van der Waals surface area contributed by atoms with E-state index in [0.29, 0.717) is 17.6 Å². The van der Waals surface area contributed by atoms with Gasteiger partial charge in [0.25, 0.3) is 0 Å². The predicted molar refractivity (Wildman–Crippen MR) is 88.9 cm³/mol. The van der Waals surface area contributed by atoms with Gasteiger partial charge in [-0.25, -0.2) is 0 Å². The van der Waals surface area contributed by atoms with Gasteiger partial charge in [0.15, 0.2) is 0 Å². The van der Waals surface area contributed by atoms with Gasteiger partial charge < -0.3 is 10.6 Å². The zero-order chi connectivity index (χ0) is 13.8. The van der Waals surface area contributed by atoms with Gasteiger partial charge in [0, 0.05) is 53.6 Å². The van der Waals surface area contributed by atoms with Crippen LogP contribution in [0.25, 0.3) is 0 Å². The van der Waals surface area contributed by atoms with Crippen molar-refractivity contribution in [2.24, 2.45) is 0 Å². The number of carbonyl (C=O) groups is 1. The average Bonchev–Trinajstić information content (AvgIpc) is 2.90. The number of amides is 1. The highest BCUT2D eigenvalue weighted by atomic mass is 32.2. The number of nitrogens with one attached hydrogen (secondary N) is 2. The number of hydrogen-bond acceptors (Lipinski definition) is 4. The molecule has 1 amide bonds. The van der Waals surface area contributed by atoms with Gasteiger partial charge in [0.05, 0.1) is 0 Å². The summed E-state index contributed by atoms with van der Waals surface area (Å²) in [7, 11) is 0. The number of fused-ring (bicyclic) bond motifs is 1. The zero-order valence-corrected chi connectivity index (χ0v) is 13.1. The molecular formula is C15H20N2OS2. The molecule has 2 heterocycles. The van der Waals surface area contributed by atoms with Crippen molar-refractivity contribution in [2.45, 2.75) is 17.6 Å². The first kappa shape index (κ1) is 14.1. The molecule has 2 atom stereocenters. The molecule has 1 fully saturated rings. The summed E-state index contributed by atoms with van der Waals surface area (Å²) < 4.78 is 0. The quantitative estimate of drug-likeness (QED) is 0.897. The smallest absolute Gasteiger partial charge is 0.220 e. The molecule has 0 aromatic heterocycles. The zero-order valence-electron chi connectivity index (χ0n) is 11.4. The Morgan fingerprint density at radius 1 is 1.35 bits per heavy atom. The lowest BCUT2D eigenvalue weighted by molar-refractivity contribution is -0.121. The van der Waals surface area contributed by atoms with E-state index >= 15 is 0 Å². The summed E-state index contributed by atoms with van der Waals surface area (Å²) in [6.45, 7) is 1.69. The van der Waals surface area contributed by atoms with E-state index in [4.69, 9.17) is 0 Å². The number of carbonyl (C=O) groups excluding carboxylic acids is 1. The largest absolute Gasteiger partial charge is 0.384 e. The molecule has 2 aliphatic heterocycles. The number of anilines is 1. The summed E-state index contributed by atoms with van der Waals surface area (Å²) in [5.41, 5.74) is 2.47. The summed E-state index contributed by atoms with van der Waals surface area (Å²) in [5, 5.41) is 7.07. The third-order valence-corrected chi connectivity index (χ3v) is 6.63. The van der Waals surface area contributed by atoms with Crippen LogP contribution in [0.2, 0.25) is 0 Å². The highest BCUT2D eigenvalue weighted by Crippen LogP contribution is 2.33. The van der Waals surface area contributed by atoms with Gasteiger partial charge in [-0.2, -0.15) is 23.5 Å². The van der Waals surface area contributed by atoms with Crippen molar-refractivity contribution in [2.75, 3.05) is 35.7 Å². The van der Waals surface area contributed by atoms with Crippen LogP contribution in [0, 0.1) is 0 Å². The van der Waals surface area contributed by atoms with Crippen molar-refractivity contribution >= 4 is 35.1 Å². The Bertz CT molecular complexity index is 475. The first-order chi connectivity index (χ1) is 9.83. The van der Waals surface area contributed by atoms with E-state index in [1.807, 2.05) is 35.7 Å². The van der Waals surface area contributed by atoms with Gasteiger partial charge in [-0.15, -0.1) is 0 Å². The third kappa shape index (κ3) is 3.44. The standard InChI is InChI=1S/C15H20N2OS2/c18-15(17-9-12-10-19-5-6-20-12)7-11-8-16-14-4-2-1-3-13(11)14/h1-4,11-12,16H,5-10H2,(H,17,18). The summed E-state index contributed by atoms with van der Waals surface area (Å²) in [5.74, 6) is 4.13. The molecule has 0 spiro atoms. The van der Waals surface area contributed by atoms with E-state index in [9.17, 15) is 4.79 Å². The molecule has 1 saturated heterocycles. The van der Waals surface area contributed by atoms with Gasteiger partial charge >= 0.3 is 0 Å². The van der Waals surface area contributed by atoms with Gasteiger partial charge in [-0.3, -0.25) is 4.79 Å². The maximum absolute atomic E-state index is 12.1. The van der Waals surface area contributed by atoms with Crippen molar-refractivity contribution < 1.29 is 4.79 Å². The van der Waals surface area contributed by atoms with E-state index in [0.717, 1.165) is 13.1 Å². The topological polar surface area (TPSA) is 41.1 Å². The number of benzene rings is 1. The third-order valence-electron chi connectivity index (χ3n) is 3.78. The molecule has 0 bridgehead atoms. The molecule has 108 valence electrons. The Kier molecular flexibility index (Phi) is 4.78. The second-order valence-electron chi connectivity index (χ2n) is 5.24. The van der Waals surface area contributed by atoms with Crippen molar-refractivity contribution in [3.8, 4) is 0 Å². The molecule has 20 heavy (non-hydrogen) atoms. The summed E-state index contributed by atoms with van der Waals surface area (Å²) in [6.07, 6.45) is 0.592. The Morgan fingerprint density at radius 3 is 3.10 bits per heavy atom. The number of rotatable bonds is 4. The second kappa shape index (κ2) is 6.76. The summed E-state index contributed by atoms with van der Waals surface area (Å²) >= 11 is 3.98. The highest BCUT2D eigenvalue weighted by Gasteiger charge is 2.24. The van der Waals surface area contributed by atoms with E-state index in [1.54, 1.807) is 0 Å². The van der Waals surface area contributed by atoms with Crippen LogP contribution >= 0.6 is 23.5 Å². The van der Waals surface area contributed by atoms with Crippen molar-refractivity contribution in [3.63, 3.8) is 0 Å². The molecule has 3 rings (SSSR count). The molecule has 1 aromatic rings. The van der Waals surface area contributed by atoms with Crippen LogP contribution in [0.5, 0.6) is 0 Å². The normalized spacial score (nSPS) is 24.8. The molecular weight excluding hydrogens is 288 g/mol. The molecule has 0 saturated carbocycles. The van der Waals surface area contributed by atoms with E-state index < -0.39 is 0 Å². The summed E-state index contributed by atoms with van der Waals surface area (Å²) in [4.78, 5) is 12.1. The minimum absolute atomic E-state index is 0.185. The molecule has 0 aliphatic carbocycles. The molecule has 2 aliphatic rings. The number of hydrogen-bond donors (Lipinski definition) is 2. The van der Waals surface area contributed by atoms with Gasteiger partial charge in [-0.05, 0) is 11.6 Å². The Balaban J connectivity index is 1.47. The Labute approximate surface area is 128 Å². The van der Waals surface area contributed by atoms with Crippen molar-refractivity contribution in [3.05, 3.63) is 29.8 Å². The van der Waals surface area contributed by atoms with Crippen LogP contribution in [0.1, 0.15) is 17.9 Å². The van der Waals surface area contributed by atoms with E-state index in [1.165, 1.54) is 28.5 Å². The van der Waals surface area contributed by atoms with Gasteiger partial charge in [0.1, 0.15) is 0 Å². The lowest BCUT2D eigenvalue weighted by atomic mass is 9.97. The summed E-state index contributed by atoms with van der Waals surface area (Å²) in [6, 6.07) is 8.29. The van der Waals surface area contributed by atoms with Crippen molar-refractivity contribution in [1.82, 2.24) is 5.32 Å².